The zero-order chi connectivity index (χ0) is 18.4. The fraction of sp³-hybridized carbons (Fsp3) is 0.353. The Morgan fingerprint density at radius 2 is 2.16 bits per heavy atom. The van der Waals surface area contributed by atoms with Gasteiger partial charge in [-0.25, -0.2) is 0 Å². The van der Waals surface area contributed by atoms with E-state index in [2.05, 4.69) is 20.7 Å². The first kappa shape index (κ1) is 19.9. The zero-order valence-electron chi connectivity index (χ0n) is 13.7. The van der Waals surface area contributed by atoms with Gasteiger partial charge in [-0.1, -0.05) is 36.5 Å². The predicted octanol–water partition coefficient (Wildman–Crippen LogP) is 4.09. The van der Waals surface area contributed by atoms with Crippen molar-refractivity contribution < 1.29 is 19.4 Å². The summed E-state index contributed by atoms with van der Waals surface area (Å²) in [5.41, 5.74) is 0.809. The predicted molar refractivity (Wildman–Crippen MR) is 106 cm³/mol. The van der Waals surface area contributed by atoms with Crippen molar-refractivity contribution in [3.05, 3.63) is 33.1 Å². The van der Waals surface area contributed by atoms with Crippen molar-refractivity contribution in [1.29, 1.82) is 0 Å². The van der Waals surface area contributed by atoms with Gasteiger partial charge in [0, 0.05) is 13.0 Å². The van der Waals surface area contributed by atoms with Gasteiger partial charge < -0.3 is 9.84 Å². The lowest BCUT2D eigenvalue weighted by molar-refractivity contribution is -0.140. The Bertz CT molecular complexity index is 721. The average Bonchev–Trinajstić information content (AvgIpc) is 2.84. The molecule has 1 aromatic rings. The Morgan fingerprint density at radius 3 is 2.84 bits per heavy atom. The number of carbonyl (C=O) groups excluding carboxylic acids is 2. The number of ether oxygens (including phenoxy) is 1. The number of carbonyl (C=O) groups is 2. The molecule has 1 amide bonds. The molecule has 0 radical (unpaired) electrons. The van der Waals surface area contributed by atoms with E-state index in [9.17, 15) is 14.7 Å². The second kappa shape index (κ2) is 9.35. The first-order valence-corrected chi connectivity index (χ1v) is 9.75. The SMILES string of the molecule is COC(=O)CCCCCN1C(=O)/C(=C\c2ccc(O)c(Br)c2)SC1=S. The van der Waals surface area contributed by atoms with Crippen LogP contribution in [0.1, 0.15) is 31.2 Å². The number of hydrogen-bond acceptors (Lipinski definition) is 6. The van der Waals surface area contributed by atoms with Crippen LogP contribution in [0.5, 0.6) is 5.75 Å². The topological polar surface area (TPSA) is 66.8 Å². The standard InChI is InChI=1S/C17H18BrNO4S2/c1-23-15(21)5-3-2-4-8-19-16(22)14(25-17(19)24)10-11-6-7-13(20)12(18)9-11/h6-7,9-10,20H,2-5,8H2,1H3/b14-10+. The van der Waals surface area contributed by atoms with E-state index in [-0.39, 0.29) is 17.6 Å². The number of aromatic hydroxyl groups is 1. The zero-order valence-corrected chi connectivity index (χ0v) is 16.9. The molecule has 1 fully saturated rings. The highest BCUT2D eigenvalue weighted by Crippen LogP contribution is 2.34. The monoisotopic (exact) mass is 443 g/mol. The number of amides is 1. The van der Waals surface area contributed by atoms with Gasteiger partial charge in [0.2, 0.25) is 0 Å². The van der Waals surface area contributed by atoms with Gasteiger partial charge in [0.05, 0.1) is 16.5 Å². The van der Waals surface area contributed by atoms with E-state index >= 15 is 0 Å². The Labute approximate surface area is 164 Å². The highest BCUT2D eigenvalue weighted by Gasteiger charge is 2.31. The van der Waals surface area contributed by atoms with Gasteiger partial charge in [-0.2, -0.15) is 0 Å². The van der Waals surface area contributed by atoms with E-state index in [0.29, 0.717) is 26.7 Å². The third-order valence-electron chi connectivity index (χ3n) is 3.63. The lowest BCUT2D eigenvalue weighted by Gasteiger charge is -2.13. The number of unbranched alkanes of at least 4 members (excludes halogenated alkanes) is 2. The van der Waals surface area contributed by atoms with Gasteiger partial charge >= 0.3 is 5.97 Å². The van der Waals surface area contributed by atoms with Gasteiger partial charge in [0.25, 0.3) is 5.91 Å². The molecule has 1 saturated heterocycles. The number of halogens is 1. The molecule has 0 unspecified atom stereocenters. The van der Waals surface area contributed by atoms with Crippen molar-refractivity contribution in [3.63, 3.8) is 0 Å². The molecule has 1 N–H and O–H groups in total. The maximum absolute atomic E-state index is 12.5. The fourth-order valence-corrected chi connectivity index (χ4v) is 3.98. The molecule has 0 bridgehead atoms. The van der Waals surface area contributed by atoms with Crippen LogP contribution in [0.15, 0.2) is 27.6 Å². The molecule has 8 heteroatoms. The first-order chi connectivity index (χ1) is 11.9. The minimum atomic E-state index is -0.214. The number of thioether (sulfide) groups is 1. The number of rotatable bonds is 7. The third kappa shape index (κ3) is 5.55. The van der Waals surface area contributed by atoms with Crippen LogP contribution in [0, 0.1) is 0 Å². The lowest BCUT2D eigenvalue weighted by Crippen LogP contribution is -2.29. The molecule has 5 nitrogen and oxygen atoms in total. The van der Waals surface area contributed by atoms with E-state index in [1.165, 1.54) is 18.9 Å². The largest absolute Gasteiger partial charge is 0.507 e. The van der Waals surface area contributed by atoms with E-state index in [0.717, 1.165) is 24.8 Å². The number of benzene rings is 1. The van der Waals surface area contributed by atoms with E-state index < -0.39 is 0 Å². The van der Waals surface area contributed by atoms with Crippen molar-refractivity contribution in [1.82, 2.24) is 4.90 Å². The summed E-state index contributed by atoms with van der Waals surface area (Å²) in [5.74, 6) is -0.169. The van der Waals surface area contributed by atoms with E-state index in [1.807, 2.05) is 0 Å². The van der Waals surface area contributed by atoms with Crippen molar-refractivity contribution in [2.75, 3.05) is 13.7 Å². The molecule has 25 heavy (non-hydrogen) atoms. The van der Waals surface area contributed by atoms with Crippen LogP contribution in [0.2, 0.25) is 0 Å². The summed E-state index contributed by atoms with van der Waals surface area (Å²) >= 11 is 9.83. The lowest BCUT2D eigenvalue weighted by atomic mass is 10.2. The summed E-state index contributed by atoms with van der Waals surface area (Å²) in [6.45, 7) is 0.544. The summed E-state index contributed by atoms with van der Waals surface area (Å²) in [6, 6.07) is 5.05. The normalized spacial score (nSPS) is 15.9. The maximum atomic E-state index is 12.5. The third-order valence-corrected chi connectivity index (χ3v) is 5.65. The molecule has 134 valence electrons. The van der Waals surface area contributed by atoms with Gasteiger partial charge in [-0.3, -0.25) is 14.5 Å². The van der Waals surface area contributed by atoms with Crippen LogP contribution in [-0.4, -0.2) is 39.9 Å². The summed E-state index contributed by atoms with van der Waals surface area (Å²) in [6.07, 6.45) is 4.50. The number of methoxy groups -OCH3 is 1. The molecule has 0 aliphatic carbocycles. The van der Waals surface area contributed by atoms with Crippen LogP contribution in [0.25, 0.3) is 6.08 Å². The molecule has 0 aromatic heterocycles. The van der Waals surface area contributed by atoms with Gasteiger partial charge in [0.15, 0.2) is 0 Å². The van der Waals surface area contributed by atoms with Crippen LogP contribution >= 0.6 is 39.9 Å². The number of phenolic OH excluding ortho intramolecular Hbond substituents is 1. The number of nitrogens with zero attached hydrogens (tertiary/aromatic N) is 1. The smallest absolute Gasteiger partial charge is 0.305 e. The first-order valence-electron chi connectivity index (χ1n) is 7.73. The van der Waals surface area contributed by atoms with Crippen LogP contribution in [-0.2, 0) is 14.3 Å². The summed E-state index contributed by atoms with van der Waals surface area (Å²) in [4.78, 5) is 25.7. The highest BCUT2D eigenvalue weighted by molar-refractivity contribution is 9.10. The maximum Gasteiger partial charge on any atom is 0.305 e. The highest BCUT2D eigenvalue weighted by atomic mass is 79.9. The van der Waals surface area contributed by atoms with E-state index in [4.69, 9.17) is 12.2 Å². The van der Waals surface area contributed by atoms with Crippen molar-refractivity contribution in [2.24, 2.45) is 0 Å². The average molecular weight is 444 g/mol. The summed E-state index contributed by atoms with van der Waals surface area (Å²) in [5, 5.41) is 9.53. The number of hydrogen-bond donors (Lipinski definition) is 1. The van der Waals surface area contributed by atoms with Crippen molar-refractivity contribution in [2.45, 2.75) is 25.7 Å². The Kier molecular flexibility index (Phi) is 7.46. The molecular formula is C17H18BrNO4S2. The summed E-state index contributed by atoms with van der Waals surface area (Å²) in [7, 11) is 1.38. The fourth-order valence-electron chi connectivity index (χ4n) is 2.28. The number of thiocarbonyl (C=S) groups is 1. The van der Waals surface area contributed by atoms with Gasteiger partial charge in [0.1, 0.15) is 10.1 Å². The Morgan fingerprint density at radius 1 is 1.40 bits per heavy atom. The molecule has 2 rings (SSSR count). The second-order valence-electron chi connectivity index (χ2n) is 5.43. The molecule has 0 spiro atoms. The van der Waals surface area contributed by atoms with Gasteiger partial charge in [-0.05, 0) is 52.5 Å². The molecular weight excluding hydrogens is 426 g/mol. The minimum Gasteiger partial charge on any atom is -0.507 e. The van der Waals surface area contributed by atoms with Gasteiger partial charge in [-0.15, -0.1) is 0 Å². The Balaban J connectivity index is 1.91. The minimum absolute atomic E-state index is 0.104. The molecule has 0 saturated carbocycles. The number of esters is 1. The van der Waals surface area contributed by atoms with E-state index in [1.54, 1.807) is 29.2 Å². The van der Waals surface area contributed by atoms with Crippen molar-refractivity contribution >= 4 is 62.2 Å². The quantitative estimate of drug-likeness (QED) is 0.296. The number of phenols is 1. The Hall–Kier alpha value is -1.38. The second-order valence-corrected chi connectivity index (χ2v) is 7.96. The molecule has 1 aliphatic rings. The molecule has 1 heterocycles. The van der Waals surface area contributed by atoms with Crippen LogP contribution in [0.3, 0.4) is 0 Å². The molecule has 0 atom stereocenters. The summed E-state index contributed by atoms with van der Waals surface area (Å²) < 4.78 is 5.71. The van der Waals surface area contributed by atoms with Crippen LogP contribution in [0.4, 0.5) is 0 Å². The van der Waals surface area contributed by atoms with Crippen LogP contribution < -0.4 is 0 Å². The molecule has 1 aliphatic heterocycles. The van der Waals surface area contributed by atoms with Crippen molar-refractivity contribution in [3.8, 4) is 5.75 Å². The molecule has 1 aromatic carbocycles.